The summed E-state index contributed by atoms with van der Waals surface area (Å²) in [5.74, 6) is -1.60. The van der Waals surface area contributed by atoms with Crippen LogP contribution < -0.4 is 5.56 Å². The monoisotopic (exact) mass is 195 g/mol. The van der Waals surface area contributed by atoms with Gasteiger partial charge in [-0.1, -0.05) is 0 Å². The second-order valence-electron chi connectivity index (χ2n) is 3.26. The maximum Gasteiger partial charge on any atom is 0.337 e. The van der Waals surface area contributed by atoms with Gasteiger partial charge in [-0.25, -0.2) is 4.79 Å². The molecule has 0 saturated heterocycles. The van der Waals surface area contributed by atoms with Crippen LogP contribution >= 0.6 is 0 Å². The first-order chi connectivity index (χ1) is 6.61. The minimum atomic E-state index is -1.11. The van der Waals surface area contributed by atoms with Gasteiger partial charge >= 0.3 is 5.97 Å². The van der Waals surface area contributed by atoms with Crippen LogP contribution in [0.5, 0.6) is 5.75 Å². The molecular weight excluding hydrogens is 186 g/mol. The Hall–Kier alpha value is -1.78. The molecule has 0 bridgehead atoms. The first-order valence-corrected chi connectivity index (χ1v) is 4.30. The fraction of sp³-hybridized carbons (Fsp3) is 0.333. The summed E-state index contributed by atoms with van der Waals surface area (Å²) in [5, 5.41) is 18.1. The van der Waals surface area contributed by atoms with Crippen LogP contribution in [0.25, 0.3) is 0 Å². The van der Waals surface area contributed by atoms with Crippen molar-refractivity contribution in [3.8, 4) is 5.75 Å². The zero-order chi connectivity index (χ0) is 10.3. The molecule has 14 heavy (non-hydrogen) atoms. The Morgan fingerprint density at radius 3 is 2.86 bits per heavy atom. The number of fused-ring (bicyclic) bond motifs is 1. The molecule has 0 saturated carbocycles. The number of aromatic carboxylic acids is 1. The van der Waals surface area contributed by atoms with Crippen LogP contribution in [0, 0.1) is 0 Å². The predicted octanol–water partition coefficient (Wildman–Crippen LogP) is 0.198. The average molecular weight is 195 g/mol. The van der Waals surface area contributed by atoms with Crippen molar-refractivity contribution >= 4 is 5.97 Å². The Balaban J connectivity index is 2.76. The van der Waals surface area contributed by atoms with Gasteiger partial charge in [-0.15, -0.1) is 0 Å². The minimum absolute atomic E-state index is 0.0274. The predicted molar refractivity (Wildman–Crippen MR) is 47.6 cm³/mol. The van der Waals surface area contributed by atoms with Crippen molar-refractivity contribution in [3.63, 3.8) is 0 Å². The lowest BCUT2D eigenvalue weighted by Gasteiger charge is -2.06. The molecule has 1 aromatic rings. The molecule has 1 aromatic heterocycles. The van der Waals surface area contributed by atoms with Gasteiger partial charge in [0.15, 0.2) is 5.75 Å². The number of hydrogen-bond donors (Lipinski definition) is 2. The van der Waals surface area contributed by atoms with Gasteiger partial charge in [0.2, 0.25) is 0 Å². The summed E-state index contributed by atoms with van der Waals surface area (Å²) in [4.78, 5) is 22.2. The zero-order valence-electron chi connectivity index (χ0n) is 7.36. The molecule has 0 fully saturated rings. The highest BCUT2D eigenvalue weighted by atomic mass is 16.4. The first-order valence-electron chi connectivity index (χ1n) is 4.30. The average Bonchev–Trinajstić information content (AvgIpc) is 2.59. The number of hydrogen-bond acceptors (Lipinski definition) is 3. The van der Waals surface area contributed by atoms with Crippen molar-refractivity contribution in [2.45, 2.75) is 19.4 Å². The molecule has 0 aromatic carbocycles. The number of rotatable bonds is 1. The van der Waals surface area contributed by atoms with Crippen molar-refractivity contribution in [2.24, 2.45) is 0 Å². The highest BCUT2D eigenvalue weighted by Gasteiger charge is 2.22. The quantitative estimate of drug-likeness (QED) is 0.670. The summed E-state index contributed by atoms with van der Waals surface area (Å²) in [6.45, 7) is 0.489. The number of carboxylic acid groups (broad SMARTS) is 1. The summed E-state index contributed by atoms with van der Waals surface area (Å²) in [5.41, 5.74) is 0.0439. The molecule has 0 spiro atoms. The number of nitrogens with zero attached hydrogens (tertiary/aromatic N) is 1. The van der Waals surface area contributed by atoms with Crippen molar-refractivity contribution in [3.05, 3.63) is 27.7 Å². The Labute approximate surface area is 79.2 Å². The molecule has 74 valence electrons. The second kappa shape index (κ2) is 2.87. The highest BCUT2D eigenvalue weighted by Crippen LogP contribution is 2.19. The van der Waals surface area contributed by atoms with Gasteiger partial charge in [-0.2, -0.15) is 0 Å². The van der Waals surface area contributed by atoms with Crippen molar-refractivity contribution in [2.75, 3.05) is 0 Å². The van der Waals surface area contributed by atoms with Gasteiger partial charge in [0.05, 0.1) is 5.56 Å². The number of pyridine rings is 1. The van der Waals surface area contributed by atoms with Gasteiger partial charge in [0.25, 0.3) is 5.56 Å². The van der Waals surface area contributed by atoms with Crippen LogP contribution in [-0.2, 0) is 13.0 Å². The van der Waals surface area contributed by atoms with Crippen LogP contribution in [-0.4, -0.2) is 20.7 Å². The SMILES string of the molecule is O=C(O)c1cc(O)c(=O)n2c1CCC2. The summed E-state index contributed by atoms with van der Waals surface area (Å²) < 4.78 is 1.33. The van der Waals surface area contributed by atoms with Crippen LogP contribution in [0.2, 0.25) is 0 Å². The Kier molecular flexibility index (Phi) is 1.80. The van der Waals surface area contributed by atoms with E-state index in [9.17, 15) is 14.7 Å². The fourth-order valence-electron chi connectivity index (χ4n) is 1.78. The Morgan fingerprint density at radius 2 is 2.21 bits per heavy atom. The van der Waals surface area contributed by atoms with E-state index in [1.165, 1.54) is 4.57 Å². The third-order valence-corrected chi connectivity index (χ3v) is 2.41. The fourth-order valence-corrected chi connectivity index (χ4v) is 1.78. The molecule has 2 rings (SSSR count). The maximum atomic E-state index is 11.4. The summed E-state index contributed by atoms with van der Waals surface area (Å²) in [6.07, 6.45) is 1.33. The van der Waals surface area contributed by atoms with Gasteiger partial charge in [0.1, 0.15) is 0 Å². The third kappa shape index (κ3) is 1.09. The van der Waals surface area contributed by atoms with Crippen LogP contribution in [0.4, 0.5) is 0 Å². The van der Waals surface area contributed by atoms with Gasteiger partial charge in [0, 0.05) is 18.3 Å². The van der Waals surface area contributed by atoms with E-state index in [0.29, 0.717) is 18.7 Å². The van der Waals surface area contributed by atoms with E-state index in [2.05, 4.69) is 0 Å². The van der Waals surface area contributed by atoms with Crippen LogP contribution in [0.15, 0.2) is 10.9 Å². The molecule has 0 radical (unpaired) electrons. The molecule has 0 aliphatic carbocycles. The molecule has 5 nitrogen and oxygen atoms in total. The third-order valence-electron chi connectivity index (χ3n) is 2.41. The standard InChI is InChI=1S/C9H9NO4/c11-7-4-5(9(13)14)6-2-1-3-10(6)8(7)12/h4,11H,1-3H2,(H,13,14). The van der Waals surface area contributed by atoms with Gasteiger partial charge in [-0.3, -0.25) is 4.79 Å². The second-order valence-corrected chi connectivity index (χ2v) is 3.26. The molecule has 1 aliphatic rings. The largest absolute Gasteiger partial charge is 0.503 e. The van der Waals surface area contributed by atoms with E-state index in [-0.39, 0.29) is 5.56 Å². The number of aromatic hydroxyl groups is 1. The molecular formula is C9H9NO4. The Morgan fingerprint density at radius 1 is 1.50 bits per heavy atom. The smallest absolute Gasteiger partial charge is 0.337 e. The first kappa shape index (κ1) is 8.80. The normalized spacial score (nSPS) is 14.0. The molecule has 0 atom stereocenters. The highest BCUT2D eigenvalue weighted by molar-refractivity contribution is 5.89. The lowest BCUT2D eigenvalue weighted by molar-refractivity contribution is 0.0694. The van der Waals surface area contributed by atoms with E-state index in [1.807, 2.05) is 0 Å². The molecule has 5 heteroatoms. The van der Waals surface area contributed by atoms with E-state index in [0.717, 1.165) is 12.5 Å². The van der Waals surface area contributed by atoms with Crippen molar-refractivity contribution < 1.29 is 15.0 Å². The van der Waals surface area contributed by atoms with Crippen LogP contribution in [0.1, 0.15) is 22.5 Å². The Bertz CT molecular complexity index is 461. The molecule has 0 unspecified atom stereocenters. The molecule has 2 heterocycles. The maximum absolute atomic E-state index is 11.4. The summed E-state index contributed by atoms with van der Waals surface area (Å²) >= 11 is 0. The lowest BCUT2D eigenvalue weighted by Crippen LogP contribution is -2.21. The van der Waals surface area contributed by atoms with Crippen molar-refractivity contribution in [1.82, 2.24) is 4.57 Å². The van der Waals surface area contributed by atoms with Gasteiger partial charge in [-0.05, 0) is 12.8 Å². The summed E-state index contributed by atoms with van der Waals surface area (Å²) in [6, 6.07) is 1.03. The van der Waals surface area contributed by atoms with E-state index in [4.69, 9.17) is 5.11 Å². The number of carboxylic acids is 1. The topological polar surface area (TPSA) is 79.5 Å². The number of carbonyl (C=O) groups is 1. The van der Waals surface area contributed by atoms with E-state index >= 15 is 0 Å². The number of aromatic nitrogens is 1. The van der Waals surface area contributed by atoms with Gasteiger partial charge < -0.3 is 14.8 Å². The van der Waals surface area contributed by atoms with E-state index < -0.39 is 17.3 Å². The minimum Gasteiger partial charge on any atom is -0.503 e. The molecule has 0 amide bonds. The summed E-state index contributed by atoms with van der Waals surface area (Å²) in [7, 11) is 0. The van der Waals surface area contributed by atoms with E-state index in [1.54, 1.807) is 0 Å². The van der Waals surface area contributed by atoms with Crippen molar-refractivity contribution in [1.29, 1.82) is 0 Å². The molecule has 1 aliphatic heterocycles. The zero-order valence-corrected chi connectivity index (χ0v) is 7.36. The molecule has 2 N–H and O–H groups in total. The van der Waals surface area contributed by atoms with Crippen LogP contribution in [0.3, 0.4) is 0 Å². The lowest BCUT2D eigenvalue weighted by atomic mass is 10.1.